The van der Waals surface area contributed by atoms with Crippen molar-refractivity contribution < 1.29 is 27.5 Å². The fourth-order valence-electron chi connectivity index (χ4n) is 2.03. The molecule has 3 nitrogen and oxygen atoms in total. The lowest BCUT2D eigenvalue weighted by molar-refractivity contribution is -0.138. The van der Waals surface area contributed by atoms with E-state index in [1.54, 1.807) is 6.92 Å². The number of carbonyl (C=O) groups is 2. The van der Waals surface area contributed by atoms with E-state index in [9.17, 15) is 22.8 Å². The van der Waals surface area contributed by atoms with Crippen molar-refractivity contribution in [1.29, 1.82) is 0 Å². The molecule has 2 rings (SSSR count). The van der Waals surface area contributed by atoms with E-state index in [-0.39, 0.29) is 18.1 Å². The third kappa shape index (κ3) is 3.55. The lowest BCUT2D eigenvalue weighted by atomic mass is 9.95. The summed E-state index contributed by atoms with van der Waals surface area (Å²) in [6, 6.07) is 4.44. The standard InChI is InChI=1S/C16H15F3O3/c1-2-22-9-12(14(20)10-7-8-10)15(21)11-5-3-4-6-13(11)16(17,18)19/h3-6,9-10H,2,7-8H2,1H3/b12-9-. The van der Waals surface area contributed by atoms with Gasteiger partial charge in [0.2, 0.25) is 0 Å². The molecule has 0 heterocycles. The summed E-state index contributed by atoms with van der Waals surface area (Å²) in [4.78, 5) is 24.6. The van der Waals surface area contributed by atoms with Gasteiger partial charge in [0.05, 0.1) is 18.4 Å². The van der Waals surface area contributed by atoms with Crippen LogP contribution in [0.4, 0.5) is 13.2 Å². The second kappa shape index (κ2) is 6.34. The second-order valence-electron chi connectivity index (χ2n) is 5.00. The number of alkyl halides is 3. The molecule has 1 aromatic carbocycles. The largest absolute Gasteiger partial charge is 0.501 e. The maximum Gasteiger partial charge on any atom is 0.417 e. The number of halogens is 3. The number of ketones is 2. The van der Waals surface area contributed by atoms with Gasteiger partial charge in [-0.2, -0.15) is 13.2 Å². The first-order valence-corrected chi connectivity index (χ1v) is 6.93. The first-order chi connectivity index (χ1) is 10.4. The van der Waals surface area contributed by atoms with Crippen molar-refractivity contribution in [1.82, 2.24) is 0 Å². The average molecular weight is 312 g/mol. The molecule has 1 aliphatic rings. The Hall–Kier alpha value is -2.11. The van der Waals surface area contributed by atoms with Crippen molar-refractivity contribution in [2.24, 2.45) is 5.92 Å². The van der Waals surface area contributed by atoms with Crippen LogP contribution in [0.15, 0.2) is 36.1 Å². The maximum absolute atomic E-state index is 13.0. The van der Waals surface area contributed by atoms with Gasteiger partial charge in [0, 0.05) is 11.5 Å². The van der Waals surface area contributed by atoms with Gasteiger partial charge in [-0.25, -0.2) is 0 Å². The number of ether oxygens (including phenoxy) is 1. The molecule has 0 saturated heterocycles. The van der Waals surface area contributed by atoms with E-state index < -0.39 is 28.9 Å². The van der Waals surface area contributed by atoms with Crippen molar-refractivity contribution >= 4 is 11.6 Å². The van der Waals surface area contributed by atoms with Gasteiger partial charge in [-0.15, -0.1) is 0 Å². The highest BCUT2D eigenvalue weighted by molar-refractivity contribution is 6.27. The van der Waals surface area contributed by atoms with Gasteiger partial charge in [0.1, 0.15) is 5.57 Å². The van der Waals surface area contributed by atoms with Crippen LogP contribution < -0.4 is 0 Å². The van der Waals surface area contributed by atoms with Gasteiger partial charge >= 0.3 is 6.18 Å². The Bertz CT molecular complexity index is 613. The van der Waals surface area contributed by atoms with E-state index in [1.807, 2.05) is 0 Å². The summed E-state index contributed by atoms with van der Waals surface area (Å²) in [5.74, 6) is -1.68. The summed E-state index contributed by atoms with van der Waals surface area (Å²) < 4.78 is 44.0. The number of hydrogen-bond acceptors (Lipinski definition) is 3. The van der Waals surface area contributed by atoms with E-state index >= 15 is 0 Å². The summed E-state index contributed by atoms with van der Waals surface area (Å²) in [7, 11) is 0. The Morgan fingerprint density at radius 2 is 1.91 bits per heavy atom. The summed E-state index contributed by atoms with van der Waals surface area (Å²) in [6.45, 7) is 1.87. The van der Waals surface area contributed by atoms with Crippen LogP contribution in [-0.2, 0) is 15.7 Å². The third-order valence-corrected chi connectivity index (χ3v) is 3.30. The van der Waals surface area contributed by atoms with Gasteiger partial charge in [-0.1, -0.05) is 18.2 Å². The predicted molar refractivity (Wildman–Crippen MR) is 73.2 cm³/mol. The Morgan fingerprint density at radius 3 is 2.45 bits per heavy atom. The molecule has 0 spiro atoms. The van der Waals surface area contributed by atoms with Crippen molar-refractivity contribution in [2.45, 2.75) is 25.9 Å². The van der Waals surface area contributed by atoms with Gasteiger partial charge in [0.15, 0.2) is 11.6 Å². The fourth-order valence-corrected chi connectivity index (χ4v) is 2.03. The predicted octanol–water partition coefficient (Wildman–Crippen LogP) is 3.79. The zero-order valence-corrected chi connectivity index (χ0v) is 11.9. The Kier molecular flexibility index (Phi) is 4.68. The van der Waals surface area contributed by atoms with Crippen LogP contribution in [-0.4, -0.2) is 18.2 Å². The highest BCUT2D eigenvalue weighted by Crippen LogP contribution is 2.36. The van der Waals surface area contributed by atoms with Gasteiger partial charge in [0.25, 0.3) is 0 Å². The van der Waals surface area contributed by atoms with E-state index in [1.165, 1.54) is 12.1 Å². The van der Waals surface area contributed by atoms with Crippen LogP contribution >= 0.6 is 0 Å². The number of Topliss-reactive ketones (excluding diaryl/α,β-unsaturated/α-hetero) is 2. The first-order valence-electron chi connectivity index (χ1n) is 6.93. The first kappa shape index (κ1) is 16.3. The number of benzene rings is 1. The Labute approximate surface area is 125 Å². The molecule has 0 N–H and O–H groups in total. The Morgan fingerprint density at radius 1 is 1.27 bits per heavy atom. The van der Waals surface area contributed by atoms with Gasteiger partial charge in [-0.05, 0) is 25.8 Å². The SMILES string of the molecule is CCO/C=C(\C(=O)c1ccccc1C(F)(F)F)C(=O)C1CC1. The molecule has 1 saturated carbocycles. The summed E-state index contributed by atoms with van der Waals surface area (Å²) in [5.41, 5.74) is -1.90. The quantitative estimate of drug-likeness (QED) is 0.264. The van der Waals surface area contributed by atoms with E-state index in [2.05, 4.69) is 0 Å². The topological polar surface area (TPSA) is 43.4 Å². The highest BCUT2D eigenvalue weighted by Gasteiger charge is 2.39. The molecule has 1 fully saturated rings. The van der Waals surface area contributed by atoms with Crippen LogP contribution in [0, 0.1) is 5.92 Å². The molecule has 22 heavy (non-hydrogen) atoms. The van der Waals surface area contributed by atoms with E-state index in [0.717, 1.165) is 18.4 Å². The molecule has 0 unspecified atom stereocenters. The minimum absolute atomic E-state index is 0.218. The molecule has 1 aromatic rings. The Balaban J connectivity index is 2.41. The van der Waals surface area contributed by atoms with Gasteiger partial charge in [-0.3, -0.25) is 9.59 Å². The van der Waals surface area contributed by atoms with Crippen LogP contribution in [0.5, 0.6) is 0 Å². The number of carbonyl (C=O) groups excluding carboxylic acids is 2. The number of hydrogen-bond donors (Lipinski definition) is 0. The lowest BCUT2D eigenvalue weighted by Crippen LogP contribution is -2.19. The molecule has 0 atom stereocenters. The molecule has 0 bridgehead atoms. The number of rotatable bonds is 6. The van der Waals surface area contributed by atoms with E-state index in [0.29, 0.717) is 12.8 Å². The molecular formula is C16H15F3O3. The molecule has 0 radical (unpaired) electrons. The minimum Gasteiger partial charge on any atom is -0.501 e. The van der Waals surface area contributed by atoms with Gasteiger partial charge < -0.3 is 4.74 Å². The minimum atomic E-state index is -4.66. The van der Waals surface area contributed by atoms with Crippen molar-refractivity contribution in [3.05, 3.63) is 47.2 Å². The second-order valence-corrected chi connectivity index (χ2v) is 5.00. The maximum atomic E-state index is 13.0. The molecule has 0 aliphatic heterocycles. The normalized spacial score (nSPS) is 15.5. The van der Waals surface area contributed by atoms with Crippen molar-refractivity contribution in [3.63, 3.8) is 0 Å². The highest BCUT2D eigenvalue weighted by atomic mass is 19.4. The summed E-state index contributed by atoms with van der Waals surface area (Å²) >= 11 is 0. The fraction of sp³-hybridized carbons (Fsp3) is 0.375. The summed E-state index contributed by atoms with van der Waals surface area (Å²) in [5, 5.41) is 0. The molecule has 0 aromatic heterocycles. The van der Waals surface area contributed by atoms with Crippen molar-refractivity contribution in [3.8, 4) is 0 Å². The smallest absolute Gasteiger partial charge is 0.417 e. The lowest BCUT2D eigenvalue weighted by Gasteiger charge is -2.13. The third-order valence-electron chi connectivity index (χ3n) is 3.30. The van der Waals surface area contributed by atoms with E-state index in [4.69, 9.17) is 4.74 Å². The molecule has 6 heteroatoms. The zero-order valence-electron chi connectivity index (χ0n) is 11.9. The summed E-state index contributed by atoms with van der Waals surface area (Å²) in [6.07, 6.45) is -2.38. The van der Waals surface area contributed by atoms with Crippen LogP contribution in [0.3, 0.4) is 0 Å². The monoisotopic (exact) mass is 312 g/mol. The average Bonchev–Trinajstić information content (AvgIpc) is 3.31. The van der Waals surface area contributed by atoms with Crippen LogP contribution in [0.25, 0.3) is 0 Å². The van der Waals surface area contributed by atoms with Crippen molar-refractivity contribution in [2.75, 3.05) is 6.61 Å². The molecule has 118 valence electrons. The molecule has 1 aliphatic carbocycles. The zero-order chi connectivity index (χ0) is 16.3. The van der Waals surface area contributed by atoms with Crippen LogP contribution in [0.2, 0.25) is 0 Å². The van der Waals surface area contributed by atoms with Crippen LogP contribution in [0.1, 0.15) is 35.7 Å². The number of allylic oxidation sites excluding steroid dienone is 1. The molecule has 0 amide bonds. The molecular weight excluding hydrogens is 297 g/mol.